The molecule has 0 spiro atoms. The molecule has 0 unspecified atom stereocenters. The van der Waals surface area contributed by atoms with Gasteiger partial charge in [-0.1, -0.05) is 34.8 Å². The molecule has 0 bridgehead atoms. The summed E-state index contributed by atoms with van der Waals surface area (Å²) in [6.07, 6.45) is 0. The van der Waals surface area contributed by atoms with Crippen molar-refractivity contribution in [2.24, 2.45) is 0 Å². The standard InChI is InChI=1S/C18H17Cl3N2O2/c19-13-1-4-15(5-2-13)25-12-18(24)23-9-7-22(8-10-23)17-11-14(20)3-6-16(17)21/h1-6,11H,7-10,12H2. The van der Waals surface area contributed by atoms with Crippen molar-refractivity contribution in [1.82, 2.24) is 4.90 Å². The molecule has 1 aliphatic heterocycles. The van der Waals surface area contributed by atoms with Crippen LogP contribution >= 0.6 is 34.8 Å². The maximum atomic E-state index is 12.3. The van der Waals surface area contributed by atoms with Gasteiger partial charge >= 0.3 is 0 Å². The second kappa shape index (κ2) is 8.17. The molecule has 1 fully saturated rings. The molecule has 132 valence electrons. The summed E-state index contributed by atoms with van der Waals surface area (Å²) >= 11 is 18.1. The summed E-state index contributed by atoms with van der Waals surface area (Å²) in [7, 11) is 0. The zero-order chi connectivity index (χ0) is 17.8. The Morgan fingerprint density at radius 1 is 0.920 bits per heavy atom. The lowest BCUT2D eigenvalue weighted by Gasteiger charge is -2.36. The second-order valence-electron chi connectivity index (χ2n) is 5.71. The van der Waals surface area contributed by atoms with Gasteiger partial charge in [0, 0.05) is 36.2 Å². The van der Waals surface area contributed by atoms with Crippen LogP contribution in [0.15, 0.2) is 42.5 Å². The van der Waals surface area contributed by atoms with Crippen LogP contribution in [0.1, 0.15) is 0 Å². The van der Waals surface area contributed by atoms with E-state index in [4.69, 9.17) is 39.5 Å². The Kier molecular flexibility index (Phi) is 5.94. The number of benzene rings is 2. The fourth-order valence-electron chi connectivity index (χ4n) is 2.69. The van der Waals surface area contributed by atoms with Gasteiger partial charge in [0.05, 0.1) is 10.7 Å². The normalized spacial score (nSPS) is 14.5. The summed E-state index contributed by atoms with van der Waals surface area (Å²) in [5, 5.41) is 1.94. The van der Waals surface area contributed by atoms with Crippen molar-refractivity contribution in [3.63, 3.8) is 0 Å². The number of nitrogens with zero attached hydrogens (tertiary/aromatic N) is 2. The molecular formula is C18H17Cl3N2O2. The monoisotopic (exact) mass is 398 g/mol. The van der Waals surface area contributed by atoms with Crippen molar-refractivity contribution in [2.45, 2.75) is 0 Å². The first-order chi connectivity index (χ1) is 12.0. The molecule has 0 radical (unpaired) electrons. The third-order valence-electron chi connectivity index (χ3n) is 4.06. The molecule has 1 amide bonds. The van der Waals surface area contributed by atoms with Gasteiger partial charge in [0.2, 0.25) is 0 Å². The summed E-state index contributed by atoms with van der Waals surface area (Å²) in [6, 6.07) is 12.4. The van der Waals surface area contributed by atoms with Crippen molar-refractivity contribution < 1.29 is 9.53 Å². The molecule has 2 aromatic rings. The van der Waals surface area contributed by atoms with E-state index in [1.165, 1.54) is 0 Å². The Hall–Kier alpha value is -1.62. The minimum atomic E-state index is -0.0354. The number of hydrogen-bond donors (Lipinski definition) is 0. The average molecular weight is 400 g/mol. The van der Waals surface area contributed by atoms with E-state index in [-0.39, 0.29) is 12.5 Å². The number of piperazine rings is 1. The van der Waals surface area contributed by atoms with Crippen LogP contribution in [-0.4, -0.2) is 43.6 Å². The van der Waals surface area contributed by atoms with Crippen LogP contribution in [0.4, 0.5) is 5.69 Å². The molecular weight excluding hydrogens is 383 g/mol. The minimum Gasteiger partial charge on any atom is -0.484 e. The zero-order valence-corrected chi connectivity index (χ0v) is 15.7. The third kappa shape index (κ3) is 4.72. The van der Waals surface area contributed by atoms with Gasteiger partial charge in [0.25, 0.3) is 5.91 Å². The van der Waals surface area contributed by atoms with Crippen LogP contribution in [0.2, 0.25) is 15.1 Å². The average Bonchev–Trinajstić information content (AvgIpc) is 2.63. The molecule has 4 nitrogen and oxygen atoms in total. The van der Waals surface area contributed by atoms with Crippen LogP contribution in [-0.2, 0) is 4.79 Å². The molecule has 0 atom stereocenters. The largest absolute Gasteiger partial charge is 0.484 e. The summed E-state index contributed by atoms with van der Waals surface area (Å²) in [5.41, 5.74) is 0.902. The number of ether oxygens (including phenoxy) is 1. The van der Waals surface area contributed by atoms with Gasteiger partial charge < -0.3 is 14.5 Å². The van der Waals surface area contributed by atoms with Crippen LogP contribution in [0.5, 0.6) is 5.75 Å². The van der Waals surface area contributed by atoms with Crippen molar-refractivity contribution in [2.75, 3.05) is 37.7 Å². The molecule has 25 heavy (non-hydrogen) atoms. The van der Waals surface area contributed by atoms with E-state index >= 15 is 0 Å². The van der Waals surface area contributed by atoms with E-state index in [0.717, 1.165) is 5.69 Å². The van der Waals surface area contributed by atoms with Crippen molar-refractivity contribution >= 4 is 46.4 Å². The van der Waals surface area contributed by atoms with E-state index in [0.29, 0.717) is 47.0 Å². The molecule has 0 N–H and O–H groups in total. The quantitative estimate of drug-likeness (QED) is 0.765. The SMILES string of the molecule is O=C(COc1ccc(Cl)cc1)N1CCN(c2cc(Cl)ccc2Cl)CC1. The van der Waals surface area contributed by atoms with E-state index in [1.807, 2.05) is 6.07 Å². The van der Waals surface area contributed by atoms with E-state index < -0.39 is 0 Å². The second-order valence-corrected chi connectivity index (χ2v) is 6.99. The molecule has 0 aromatic heterocycles. The number of rotatable bonds is 4. The van der Waals surface area contributed by atoms with Crippen LogP contribution in [0, 0.1) is 0 Å². The lowest BCUT2D eigenvalue weighted by molar-refractivity contribution is -0.133. The lowest BCUT2D eigenvalue weighted by Crippen LogP contribution is -2.50. The van der Waals surface area contributed by atoms with Gasteiger partial charge in [-0.2, -0.15) is 0 Å². The Morgan fingerprint density at radius 3 is 2.24 bits per heavy atom. The molecule has 1 heterocycles. The van der Waals surface area contributed by atoms with Gasteiger partial charge in [-0.25, -0.2) is 0 Å². The third-order valence-corrected chi connectivity index (χ3v) is 4.86. The Bertz CT molecular complexity index is 744. The van der Waals surface area contributed by atoms with E-state index in [9.17, 15) is 4.79 Å². The molecule has 0 saturated carbocycles. The number of hydrogen-bond acceptors (Lipinski definition) is 3. The number of amides is 1. The van der Waals surface area contributed by atoms with Crippen LogP contribution < -0.4 is 9.64 Å². The highest BCUT2D eigenvalue weighted by molar-refractivity contribution is 6.35. The number of halogens is 3. The molecule has 7 heteroatoms. The smallest absolute Gasteiger partial charge is 0.260 e. The minimum absolute atomic E-state index is 0.0134. The summed E-state index contributed by atoms with van der Waals surface area (Å²) in [5.74, 6) is 0.592. The molecule has 2 aromatic carbocycles. The van der Waals surface area contributed by atoms with Gasteiger partial charge in [-0.3, -0.25) is 4.79 Å². The Labute approximate surface area is 161 Å². The van der Waals surface area contributed by atoms with Crippen molar-refractivity contribution in [1.29, 1.82) is 0 Å². The number of carbonyl (C=O) groups excluding carboxylic acids is 1. The predicted octanol–water partition coefficient (Wildman–Crippen LogP) is 4.37. The predicted molar refractivity (Wildman–Crippen MR) is 102 cm³/mol. The Morgan fingerprint density at radius 2 is 1.56 bits per heavy atom. The maximum absolute atomic E-state index is 12.3. The molecule has 0 aliphatic carbocycles. The highest BCUT2D eigenvalue weighted by atomic mass is 35.5. The van der Waals surface area contributed by atoms with Crippen LogP contribution in [0.25, 0.3) is 0 Å². The summed E-state index contributed by atoms with van der Waals surface area (Å²) in [6.45, 7) is 2.65. The van der Waals surface area contributed by atoms with Gasteiger partial charge in [0.15, 0.2) is 6.61 Å². The van der Waals surface area contributed by atoms with Crippen molar-refractivity contribution in [3.05, 3.63) is 57.5 Å². The fraction of sp³-hybridized carbons (Fsp3) is 0.278. The molecule has 3 rings (SSSR count). The summed E-state index contributed by atoms with van der Waals surface area (Å²) < 4.78 is 5.52. The highest BCUT2D eigenvalue weighted by Crippen LogP contribution is 2.29. The van der Waals surface area contributed by atoms with Gasteiger partial charge in [-0.05, 0) is 42.5 Å². The number of anilines is 1. The first kappa shape index (κ1) is 18.2. The number of carbonyl (C=O) groups is 1. The van der Waals surface area contributed by atoms with Gasteiger partial charge in [-0.15, -0.1) is 0 Å². The Balaban J connectivity index is 1.52. The fourth-order valence-corrected chi connectivity index (χ4v) is 3.22. The van der Waals surface area contributed by atoms with Crippen LogP contribution in [0.3, 0.4) is 0 Å². The highest BCUT2D eigenvalue weighted by Gasteiger charge is 2.22. The van der Waals surface area contributed by atoms with E-state index in [2.05, 4.69) is 4.90 Å². The van der Waals surface area contributed by atoms with Crippen molar-refractivity contribution in [3.8, 4) is 5.75 Å². The molecule has 1 saturated heterocycles. The maximum Gasteiger partial charge on any atom is 0.260 e. The summed E-state index contributed by atoms with van der Waals surface area (Å²) in [4.78, 5) is 16.2. The topological polar surface area (TPSA) is 32.8 Å². The van der Waals surface area contributed by atoms with Gasteiger partial charge in [0.1, 0.15) is 5.75 Å². The molecule has 1 aliphatic rings. The van der Waals surface area contributed by atoms with E-state index in [1.54, 1.807) is 41.3 Å². The lowest BCUT2D eigenvalue weighted by atomic mass is 10.2. The first-order valence-electron chi connectivity index (χ1n) is 7.89. The first-order valence-corrected chi connectivity index (χ1v) is 9.02. The zero-order valence-electron chi connectivity index (χ0n) is 13.4.